The second-order valence-electron chi connectivity index (χ2n) is 8.38. The van der Waals surface area contributed by atoms with Crippen LogP contribution in [0.25, 0.3) is 0 Å². The molecule has 0 saturated heterocycles. The quantitative estimate of drug-likeness (QED) is 0.461. The molecule has 1 aliphatic carbocycles. The van der Waals surface area contributed by atoms with Crippen LogP contribution < -0.4 is 20.3 Å². The number of amides is 3. The topological polar surface area (TPSA) is 101 Å². The molecule has 3 amide bonds. The van der Waals surface area contributed by atoms with Crippen molar-refractivity contribution in [3.63, 3.8) is 0 Å². The molecule has 0 unspecified atom stereocenters. The Balaban J connectivity index is 1.63. The highest BCUT2D eigenvalue weighted by molar-refractivity contribution is 7.12. The number of carbonyl (C=O) groups is 3. The van der Waals surface area contributed by atoms with Gasteiger partial charge >= 0.3 is 0 Å². The van der Waals surface area contributed by atoms with Crippen molar-refractivity contribution in [3.8, 4) is 5.75 Å². The van der Waals surface area contributed by atoms with Gasteiger partial charge in [-0.2, -0.15) is 0 Å². The van der Waals surface area contributed by atoms with E-state index in [0.717, 1.165) is 32.1 Å². The summed E-state index contributed by atoms with van der Waals surface area (Å²) in [6.45, 7) is -0.281. The van der Waals surface area contributed by atoms with Gasteiger partial charge in [-0.05, 0) is 60.7 Å². The summed E-state index contributed by atoms with van der Waals surface area (Å²) >= 11 is 1.29. The molecule has 8 nitrogen and oxygen atoms in total. The van der Waals surface area contributed by atoms with Gasteiger partial charge in [-0.1, -0.05) is 25.3 Å². The number of furan rings is 1. The normalized spacial score (nSPS) is 14.7. The van der Waals surface area contributed by atoms with Crippen molar-refractivity contribution in [3.05, 3.63) is 70.8 Å². The summed E-state index contributed by atoms with van der Waals surface area (Å²) < 4.78 is 10.9. The lowest BCUT2D eigenvalue weighted by atomic mass is 9.95. The van der Waals surface area contributed by atoms with E-state index in [1.165, 1.54) is 22.5 Å². The number of ether oxygens (including phenoxy) is 1. The summed E-state index contributed by atoms with van der Waals surface area (Å²) in [4.78, 5) is 41.5. The lowest BCUT2D eigenvalue weighted by Gasteiger charge is -2.32. The molecule has 0 bridgehead atoms. The van der Waals surface area contributed by atoms with E-state index in [2.05, 4.69) is 10.6 Å². The van der Waals surface area contributed by atoms with E-state index in [-0.39, 0.29) is 24.4 Å². The van der Waals surface area contributed by atoms with Crippen LogP contribution in [0.15, 0.2) is 64.6 Å². The number of hydrogen-bond acceptors (Lipinski definition) is 6. The summed E-state index contributed by atoms with van der Waals surface area (Å²) in [5.74, 6) is -0.148. The average Bonchev–Trinajstić information content (AvgIpc) is 3.61. The summed E-state index contributed by atoms with van der Waals surface area (Å²) in [7, 11) is 1.56. The molecule has 0 spiro atoms. The Morgan fingerprint density at radius 3 is 2.49 bits per heavy atom. The first-order valence-electron chi connectivity index (χ1n) is 11.7. The maximum atomic E-state index is 13.6. The Bertz CT molecular complexity index is 1110. The highest BCUT2D eigenvalue weighted by atomic mass is 32.1. The number of anilines is 1. The van der Waals surface area contributed by atoms with E-state index in [0.29, 0.717) is 22.1 Å². The number of benzene rings is 1. The number of methoxy groups -OCH3 is 1. The molecular weight excluding hydrogens is 466 g/mol. The van der Waals surface area contributed by atoms with Crippen LogP contribution in [0, 0.1) is 0 Å². The summed E-state index contributed by atoms with van der Waals surface area (Å²) in [6, 6.07) is 12.7. The highest BCUT2D eigenvalue weighted by Crippen LogP contribution is 2.30. The van der Waals surface area contributed by atoms with E-state index in [1.54, 1.807) is 61.0 Å². The van der Waals surface area contributed by atoms with Gasteiger partial charge in [0.2, 0.25) is 5.91 Å². The average molecular weight is 496 g/mol. The first kappa shape index (κ1) is 24.5. The van der Waals surface area contributed by atoms with Crippen molar-refractivity contribution in [2.24, 2.45) is 0 Å². The Morgan fingerprint density at radius 2 is 1.86 bits per heavy atom. The van der Waals surface area contributed by atoms with Gasteiger partial charge in [0.25, 0.3) is 11.8 Å². The lowest BCUT2D eigenvalue weighted by Crippen LogP contribution is -2.49. The molecule has 1 atom stereocenters. The number of carbonyl (C=O) groups excluding carboxylic acids is 3. The molecule has 1 saturated carbocycles. The third-order valence-electron chi connectivity index (χ3n) is 6.04. The standard InChI is InChI=1S/C26H29N3O5S/c1-33-20-13-11-19(12-14-20)29(23(30)17-27-25(31)22-10-6-16-35-22)24(21-9-5-15-34-21)26(32)28-18-7-3-2-4-8-18/h5-6,9-16,18,24H,2-4,7-8,17H2,1H3,(H,27,31)(H,28,32)/t24-/m0/s1. The zero-order valence-corrected chi connectivity index (χ0v) is 20.4. The van der Waals surface area contributed by atoms with E-state index < -0.39 is 11.9 Å². The number of thiophene rings is 1. The molecular formula is C26H29N3O5S. The Kier molecular flexibility index (Phi) is 8.20. The summed E-state index contributed by atoms with van der Waals surface area (Å²) in [6.07, 6.45) is 6.58. The van der Waals surface area contributed by atoms with Crippen molar-refractivity contribution in [1.29, 1.82) is 0 Å². The number of nitrogens with zero attached hydrogens (tertiary/aromatic N) is 1. The van der Waals surface area contributed by atoms with E-state index in [4.69, 9.17) is 9.15 Å². The van der Waals surface area contributed by atoms with E-state index in [9.17, 15) is 14.4 Å². The Morgan fingerprint density at radius 1 is 1.09 bits per heavy atom. The zero-order chi connectivity index (χ0) is 24.6. The van der Waals surface area contributed by atoms with Gasteiger partial charge < -0.3 is 19.8 Å². The second kappa shape index (κ2) is 11.7. The maximum Gasteiger partial charge on any atom is 0.261 e. The minimum Gasteiger partial charge on any atom is -0.497 e. The number of hydrogen-bond donors (Lipinski definition) is 2. The first-order valence-corrected chi connectivity index (χ1v) is 12.6. The van der Waals surface area contributed by atoms with Crippen molar-refractivity contribution < 1.29 is 23.5 Å². The molecule has 0 radical (unpaired) electrons. The minimum atomic E-state index is -1.04. The molecule has 1 aliphatic rings. The third-order valence-corrected chi connectivity index (χ3v) is 6.90. The zero-order valence-electron chi connectivity index (χ0n) is 19.6. The van der Waals surface area contributed by atoms with Gasteiger partial charge in [-0.15, -0.1) is 11.3 Å². The number of nitrogens with one attached hydrogen (secondary N) is 2. The fourth-order valence-corrected chi connectivity index (χ4v) is 4.90. The van der Waals surface area contributed by atoms with Crippen LogP contribution in [0.2, 0.25) is 0 Å². The van der Waals surface area contributed by atoms with Crippen LogP contribution in [0.1, 0.15) is 53.6 Å². The van der Waals surface area contributed by atoms with Crippen molar-refractivity contribution in [1.82, 2.24) is 10.6 Å². The molecule has 3 aromatic rings. The first-order chi connectivity index (χ1) is 17.1. The smallest absolute Gasteiger partial charge is 0.261 e. The van der Waals surface area contributed by atoms with E-state index in [1.807, 2.05) is 0 Å². The van der Waals surface area contributed by atoms with Crippen LogP contribution in [0.3, 0.4) is 0 Å². The fourth-order valence-electron chi connectivity index (χ4n) is 4.26. The van der Waals surface area contributed by atoms with Crippen LogP contribution in [-0.4, -0.2) is 37.4 Å². The molecule has 0 aliphatic heterocycles. The largest absolute Gasteiger partial charge is 0.497 e. The van der Waals surface area contributed by atoms with Crippen molar-refractivity contribution in [2.75, 3.05) is 18.6 Å². The second-order valence-corrected chi connectivity index (χ2v) is 9.33. The molecule has 2 heterocycles. The van der Waals surface area contributed by atoms with Crippen LogP contribution in [0.4, 0.5) is 5.69 Å². The monoisotopic (exact) mass is 495 g/mol. The van der Waals surface area contributed by atoms with Gasteiger partial charge in [0.15, 0.2) is 6.04 Å². The minimum absolute atomic E-state index is 0.0556. The summed E-state index contributed by atoms with van der Waals surface area (Å²) in [5, 5.41) is 7.58. The highest BCUT2D eigenvalue weighted by Gasteiger charge is 2.36. The predicted octanol–water partition coefficient (Wildman–Crippen LogP) is 4.30. The molecule has 4 rings (SSSR count). The van der Waals surface area contributed by atoms with Crippen LogP contribution in [-0.2, 0) is 9.59 Å². The molecule has 184 valence electrons. The van der Waals surface area contributed by atoms with Crippen LogP contribution in [0.5, 0.6) is 5.75 Å². The summed E-state index contributed by atoms with van der Waals surface area (Å²) in [5.41, 5.74) is 0.487. The molecule has 2 aromatic heterocycles. The number of rotatable bonds is 9. The van der Waals surface area contributed by atoms with Gasteiger partial charge in [0, 0.05) is 11.7 Å². The predicted molar refractivity (Wildman–Crippen MR) is 134 cm³/mol. The molecule has 1 aromatic carbocycles. The molecule has 1 fully saturated rings. The molecule has 9 heteroatoms. The third kappa shape index (κ3) is 6.10. The Hall–Kier alpha value is -3.59. The maximum absolute atomic E-state index is 13.6. The van der Waals surface area contributed by atoms with E-state index >= 15 is 0 Å². The Labute approximate surface area is 208 Å². The molecule has 2 N–H and O–H groups in total. The van der Waals surface area contributed by atoms with Gasteiger partial charge in [0.1, 0.15) is 11.5 Å². The molecule has 35 heavy (non-hydrogen) atoms. The fraction of sp³-hybridized carbons (Fsp3) is 0.346. The van der Waals surface area contributed by atoms with Crippen LogP contribution >= 0.6 is 11.3 Å². The van der Waals surface area contributed by atoms with Gasteiger partial charge in [-0.3, -0.25) is 19.3 Å². The van der Waals surface area contributed by atoms with Crippen molar-refractivity contribution >= 4 is 34.7 Å². The SMILES string of the molecule is COc1ccc(N(C(=O)CNC(=O)c2cccs2)[C@H](C(=O)NC2CCCCC2)c2ccco2)cc1. The van der Waals surface area contributed by atoms with Crippen molar-refractivity contribution in [2.45, 2.75) is 44.2 Å². The van der Waals surface area contributed by atoms with Gasteiger partial charge in [0.05, 0.1) is 24.8 Å². The van der Waals surface area contributed by atoms with Gasteiger partial charge in [-0.25, -0.2) is 0 Å². The lowest BCUT2D eigenvalue weighted by molar-refractivity contribution is -0.127.